The van der Waals surface area contributed by atoms with Crippen LogP contribution in [0.2, 0.25) is 5.02 Å². The number of ether oxygens (including phenoxy) is 1. The van der Waals surface area contributed by atoms with E-state index in [0.717, 1.165) is 34.9 Å². The maximum absolute atomic E-state index is 13.4. The fourth-order valence-electron chi connectivity index (χ4n) is 4.41. The van der Waals surface area contributed by atoms with Crippen LogP contribution in [0.5, 0.6) is 0 Å². The summed E-state index contributed by atoms with van der Waals surface area (Å²) in [5.41, 5.74) is 2.25. The molecule has 1 N–H and O–H groups in total. The number of nitrogens with one attached hydrogen (secondary N) is 1. The summed E-state index contributed by atoms with van der Waals surface area (Å²) in [6, 6.07) is 19.4. The molecule has 35 heavy (non-hydrogen) atoms. The number of thioether (sulfide) groups is 1. The van der Waals surface area contributed by atoms with E-state index in [-0.39, 0.29) is 24.3 Å². The van der Waals surface area contributed by atoms with Crippen LogP contribution in [0.3, 0.4) is 0 Å². The Kier molecular flexibility index (Phi) is 7.09. The molecule has 0 spiro atoms. The van der Waals surface area contributed by atoms with Crippen LogP contribution in [-0.2, 0) is 14.3 Å². The average molecular weight is 508 g/mol. The molecule has 8 heteroatoms. The standard InChI is InChI=1S/C27H26ClN3O3S/c1-17-21(28)11-5-12-22(17)29-25(32)15-24-26(33)31(16-19-9-6-14-34-19)27(35-24)30-23-13-4-8-18-7-2-3-10-20(18)23/h2-5,7-8,10-13,19,24H,6,9,14-16H2,1H3,(H,29,32)/t19-,24+/m0/s1. The van der Waals surface area contributed by atoms with Gasteiger partial charge in [-0.3, -0.25) is 14.5 Å². The van der Waals surface area contributed by atoms with Gasteiger partial charge in [-0.2, -0.15) is 0 Å². The maximum Gasteiger partial charge on any atom is 0.242 e. The summed E-state index contributed by atoms with van der Waals surface area (Å²) in [4.78, 5) is 32.9. The van der Waals surface area contributed by atoms with Gasteiger partial charge in [0.15, 0.2) is 5.17 Å². The number of hydrogen-bond acceptors (Lipinski definition) is 5. The van der Waals surface area contributed by atoms with E-state index < -0.39 is 5.25 Å². The highest BCUT2D eigenvalue weighted by atomic mass is 35.5. The highest BCUT2D eigenvalue weighted by Gasteiger charge is 2.40. The van der Waals surface area contributed by atoms with Crippen LogP contribution >= 0.6 is 23.4 Å². The zero-order valence-electron chi connectivity index (χ0n) is 19.4. The van der Waals surface area contributed by atoms with E-state index in [1.54, 1.807) is 23.1 Å². The minimum atomic E-state index is -0.551. The van der Waals surface area contributed by atoms with Crippen molar-refractivity contribution < 1.29 is 14.3 Å². The Morgan fingerprint density at radius 3 is 2.80 bits per heavy atom. The van der Waals surface area contributed by atoms with Crippen LogP contribution in [0.1, 0.15) is 24.8 Å². The molecule has 0 aromatic heterocycles. The first-order valence-electron chi connectivity index (χ1n) is 11.7. The third-order valence-electron chi connectivity index (χ3n) is 6.33. The summed E-state index contributed by atoms with van der Waals surface area (Å²) in [5, 5.41) is 5.65. The third-order valence-corrected chi connectivity index (χ3v) is 7.91. The summed E-state index contributed by atoms with van der Waals surface area (Å²) < 4.78 is 5.80. The number of amides is 2. The first-order chi connectivity index (χ1) is 17.0. The number of rotatable bonds is 6. The molecule has 5 rings (SSSR count). The molecule has 180 valence electrons. The monoisotopic (exact) mass is 507 g/mol. The molecule has 2 aliphatic rings. The number of carbonyl (C=O) groups is 2. The van der Waals surface area contributed by atoms with Crippen LogP contribution in [0, 0.1) is 6.92 Å². The number of nitrogens with zero attached hydrogens (tertiary/aromatic N) is 2. The van der Waals surface area contributed by atoms with Crippen molar-refractivity contribution in [2.24, 2.45) is 4.99 Å². The summed E-state index contributed by atoms with van der Waals surface area (Å²) >= 11 is 7.53. The number of fused-ring (bicyclic) bond motifs is 1. The van der Waals surface area contributed by atoms with Crippen molar-refractivity contribution in [3.63, 3.8) is 0 Å². The zero-order valence-corrected chi connectivity index (χ0v) is 20.9. The van der Waals surface area contributed by atoms with Crippen molar-refractivity contribution in [2.45, 2.75) is 37.5 Å². The molecule has 0 aliphatic carbocycles. The molecule has 2 saturated heterocycles. The van der Waals surface area contributed by atoms with Crippen LogP contribution in [-0.4, -0.2) is 46.4 Å². The molecule has 6 nitrogen and oxygen atoms in total. The topological polar surface area (TPSA) is 71.0 Å². The summed E-state index contributed by atoms with van der Waals surface area (Å²) in [6.45, 7) is 3.01. The average Bonchev–Trinajstić information content (AvgIpc) is 3.47. The Morgan fingerprint density at radius 2 is 1.97 bits per heavy atom. The molecular weight excluding hydrogens is 482 g/mol. The largest absolute Gasteiger partial charge is 0.376 e. The fourth-order valence-corrected chi connectivity index (χ4v) is 5.74. The third kappa shape index (κ3) is 5.22. The summed E-state index contributed by atoms with van der Waals surface area (Å²) in [6.07, 6.45) is 1.93. The number of anilines is 1. The van der Waals surface area contributed by atoms with E-state index in [0.29, 0.717) is 29.0 Å². The van der Waals surface area contributed by atoms with Crippen LogP contribution in [0.4, 0.5) is 11.4 Å². The molecule has 2 fully saturated rings. The molecule has 2 amide bonds. The van der Waals surface area contributed by atoms with Gasteiger partial charge in [0.2, 0.25) is 11.8 Å². The minimum absolute atomic E-state index is 0.0149. The van der Waals surface area contributed by atoms with Gasteiger partial charge in [-0.05, 0) is 48.9 Å². The van der Waals surface area contributed by atoms with E-state index in [1.165, 1.54) is 11.8 Å². The summed E-state index contributed by atoms with van der Waals surface area (Å²) in [5.74, 6) is -0.341. The molecule has 2 heterocycles. The van der Waals surface area contributed by atoms with Crippen LogP contribution in [0.25, 0.3) is 10.8 Å². The molecule has 3 aromatic carbocycles. The highest BCUT2D eigenvalue weighted by molar-refractivity contribution is 8.15. The number of carbonyl (C=O) groups excluding carboxylic acids is 2. The van der Waals surface area contributed by atoms with E-state index in [1.807, 2.05) is 49.4 Å². The number of halogens is 1. The van der Waals surface area contributed by atoms with Crippen molar-refractivity contribution in [2.75, 3.05) is 18.5 Å². The Bertz CT molecular complexity index is 1300. The van der Waals surface area contributed by atoms with Gasteiger partial charge in [-0.15, -0.1) is 0 Å². The van der Waals surface area contributed by atoms with Crippen LogP contribution < -0.4 is 5.32 Å². The SMILES string of the molecule is Cc1c(Cl)cccc1NC(=O)C[C@H]1SC(=Nc2cccc3ccccc23)N(C[C@@H]2CCCO2)C1=O. The Morgan fingerprint density at radius 1 is 1.17 bits per heavy atom. The number of aliphatic imine (C=N–C) groups is 1. The van der Waals surface area contributed by atoms with E-state index in [2.05, 4.69) is 5.32 Å². The van der Waals surface area contributed by atoms with Gasteiger partial charge in [0.25, 0.3) is 0 Å². The quantitative estimate of drug-likeness (QED) is 0.448. The molecule has 0 bridgehead atoms. The molecule has 2 atom stereocenters. The normalized spacial score (nSPS) is 21.3. The van der Waals surface area contributed by atoms with E-state index in [4.69, 9.17) is 21.3 Å². The van der Waals surface area contributed by atoms with Crippen molar-refractivity contribution in [3.8, 4) is 0 Å². The van der Waals surface area contributed by atoms with Gasteiger partial charge in [0.1, 0.15) is 5.25 Å². The number of amidine groups is 1. The summed E-state index contributed by atoms with van der Waals surface area (Å²) in [7, 11) is 0. The maximum atomic E-state index is 13.4. The van der Waals surface area contributed by atoms with Crippen molar-refractivity contribution in [3.05, 3.63) is 71.2 Å². The Balaban J connectivity index is 1.40. The molecule has 2 aliphatic heterocycles. The van der Waals surface area contributed by atoms with Crippen molar-refractivity contribution in [1.82, 2.24) is 4.90 Å². The molecule has 3 aromatic rings. The van der Waals surface area contributed by atoms with Gasteiger partial charge in [-0.1, -0.05) is 65.8 Å². The molecule has 0 radical (unpaired) electrons. The number of hydrogen-bond donors (Lipinski definition) is 1. The second kappa shape index (κ2) is 10.4. The second-order valence-corrected chi connectivity index (χ2v) is 10.3. The first kappa shape index (κ1) is 23.9. The lowest BCUT2D eigenvalue weighted by Crippen LogP contribution is -2.38. The van der Waals surface area contributed by atoms with Gasteiger partial charge in [-0.25, -0.2) is 4.99 Å². The zero-order chi connectivity index (χ0) is 24.4. The molecule has 0 saturated carbocycles. The van der Waals surface area contributed by atoms with Crippen molar-refractivity contribution in [1.29, 1.82) is 0 Å². The lowest BCUT2D eigenvalue weighted by atomic mass is 10.1. The molecular formula is C27H26ClN3O3S. The Labute approximate surface area is 213 Å². The van der Waals surface area contributed by atoms with E-state index >= 15 is 0 Å². The number of benzene rings is 3. The predicted molar refractivity (Wildman–Crippen MR) is 143 cm³/mol. The predicted octanol–water partition coefficient (Wildman–Crippen LogP) is 5.94. The van der Waals surface area contributed by atoms with Gasteiger partial charge >= 0.3 is 0 Å². The van der Waals surface area contributed by atoms with Gasteiger partial charge in [0.05, 0.1) is 18.3 Å². The lowest BCUT2D eigenvalue weighted by Gasteiger charge is -2.20. The Hall–Kier alpha value is -2.87. The van der Waals surface area contributed by atoms with Gasteiger partial charge in [0, 0.05) is 29.1 Å². The smallest absolute Gasteiger partial charge is 0.242 e. The second-order valence-electron chi connectivity index (χ2n) is 8.75. The van der Waals surface area contributed by atoms with E-state index in [9.17, 15) is 9.59 Å². The van der Waals surface area contributed by atoms with Crippen LogP contribution in [0.15, 0.2) is 65.7 Å². The van der Waals surface area contributed by atoms with Crippen molar-refractivity contribution >= 4 is 62.5 Å². The lowest BCUT2D eigenvalue weighted by molar-refractivity contribution is -0.129. The minimum Gasteiger partial charge on any atom is -0.376 e. The first-order valence-corrected chi connectivity index (χ1v) is 13.0. The fraction of sp³-hybridized carbons (Fsp3) is 0.296. The molecule has 0 unspecified atom stereocenters. The highest BCUT2D eigenvalue weighted by Crippen LogP contribution is 2.35. The van der Waals surface area contributed by atoms with Gasteiger partial charge < -0.3 is 10.1 Å².